The van der Waals surface area contributed by atoms with E-state index in [0.29, 0.717) is 10.9 Å². The van der Waals surface area contributed by atoms with Gasteiger partial charge in [-0.05, 0) is 58.1 Å². The van der Waals surface area contributed by atoms with Crippen molar-refractivity contribution in [2.75, 3.05) is 32.5 Å². The SMILES string of the molecule is CNS(=O)(=O)c1cc(NC2CCCN(C)C2)ccc1C. The topological polar surface area (TPSA) is 61.4 Å². The van der Waals surface area contributed by atoms with Crippen LogP contribution in [0.2, 0.25) is 0 Å². The lowest BCUT2D eigenvalue weighted by atomic mass is 10.1. The number of anilines is 1. The van der Waals surface area contributed by atoms with Crippen LogP contribution in [0.3, 0.4) is 0 Å². The Morgan fingerprint density at radius 3 is 2.75 bits per heavy atom. The van der Waals surface area contributed by atoms with Crippen molar-refractivity contribution < 1.29 is 8.42 Å². The minimum Gasteiger partial charge on any atom is -0.381 e. The maximum Gasteiger partial charge on any atom is 0.240 e. The molecule has 0 radical (unpaired) electrons. The quantitative estimate of drug-likeness (QED) is 0.882. The average molecular weight is 297 g/mol. The van der Waals surface area contributed by atoms with E-state index in [9.17, 15) is 8.42 Å². The van der Waals surface area contributed by atoms with Crippen LogP contribution in [0.4, 0.5) is 5.69 Å². The molecule has 0 aromatic heterocycles. The second kappa shape index (κ2) is 6.11. The van der Waals surface area contributed by atoms with Crippen molar-refractivity contribution in [1.82, 2.24) is 9.62 Å². The van der Waals surface area contributed by atoms with Gasteiger partial charge in [0.1, 0.15) is 0 Å². The second-order valence-corrected chi connectivity index (χ2v) is 7.29. The van der Waals surface area contributed by atoms with Crippen LogP contribution in [0, 0.1) is 6.92 Å². The number of nitrogens with zero attached hydrogens (tertiary/aromatic N) is 1. The van der Waals surface area contributed by atoms with Crippen molar-refractivity contribution in [2.24, 2.45) is 0 Å². The number of likely N-dealkylation sites (tertiary alicyclic amines) is 1. The molecule has 0 aliphatic carbocycles. The van der Waals surface area contributed by atoms with Crippen LogP contribution < -0.4 is 10.0 Å². The van der Waals surface area contributed by atoms with Gasteiger partial charge in [0.2, 0.25) is 10.0 Å². The largest absolute Gasteiger partial charge is 0.381 e. The van der Waals surface area contributed by atoms with E-state index in [-0.39, 0.29) is 0 Å². The molecule has 1 fully saturated rings. The smallest absolute Gasteiger partial charge is 0.240 e. The number of benzene rings is 1. The molecule has 1 aromatic rings. The molecule has 2 rings (SSSR count). The van der Waals surface area contributed by atoms with Gasteiger partial charge in [0.15, 0.2) is 0 Å². The molecule has 1 aliphatic rings. The van der Waals surface area contributed by atoms with Crippen LogP contribution in [0.1, 0.15) is 18.4 Å². The maximum absolute atomic E-state index is 12.0. The molecule has 0 amide bonds. The Morgan fingerprint density at radius 2 is 2.10 bits per heavy atom. The van der Waals surface area contributed by atoms with Gasteiger partial charge >= 0.3 is 0 Å². The molecule has 1 atom stereocenters. The predicted molar refractivity (Wildman–Crippen MR) is 81.6 cm³/mol. The lowest BCUT2D eigenvalue weighted by molar-refractivity contribution is 0.261. The minimum atomic E-state index is -3.40. The molecule has 20 heavy (non-hydrogen) atoms. The van der Waals surface area contributed by atoms with Gasteiger partial charge in [-0.15, -0.1) is 0 Å². The molecule has 1 unspecified atom stereocenters. The van der Waals surface area contributed by atoms with Gasteiger partial charge in [-0.2, -0.15) is 0 Å². The number of piperidine rings is 1. The summed E-state index contributed by atoms with van der Waals surface area (Å²) in [6.45, 7) is 3.93. The highest BCUT2D eigenvalue weighted by Gasteiger charge is 2.19. The zero-order valence-corrected chi connectivity index (χ0v) is 13.1. The Balaban J connectivity index is 2.19. The molecule has 1 saturated heterocycles. The third-order valence-corrected chi connectivity index (χ3v) is 5.30. The van der Waals surface area contributed by atoms with E-state index in [0.717, 1.165) is 30.8 Å². The average Bonchev–Trinajstić information content (AvgIpc) is 2.41. The molecular formula is C14H23N3O2S. The van der Waals surface area contributed by atoms with Crippen LogP contribution >= 0.6 is 0 Å². The van der Waals surface area contributed by atoms with E-state index in [2.05, 4.69) is 22.0 Å². The summed E-state index contributed by atoms with van der Waals surface area (Å²) in [5, 5.41) is 3.44. The first-order valence-electron chi connectivity index (χ1n) is 6.91. The van der Waals surface area contributed by atoms with Gasteiger partial charge < -0.3 is 10.2 Å². The van der Waals surface area contributed by atoms with E-state index in [1.54, 1.807) is 6.07 Å². The summed E-state index contributed by atoms with van der Waals surface area (Å²) in [4.78, 5) is 2.63. The van der Waals surface area contributed by atoms with E-state index in [1.807, 2.05) is 19.1 Å². The molecule has 0 spiro atoms. The highest BCUT2D eigenvalue weighted by atomic mass is 32.2. The molecule has 2 N–H and O–H groups in total. The number of sulfonamides is 1. The fraction of sp³-hybridized carbons (Fsp3) is 0.571. The molecule has 1 heterocycles. The van der Waals surface area contributed by atoms with Crippen LogP contribution in [-0.2, 0) is 10.0 Å². The molecule has 1 aliphatic heterocycles. The number of aryl methyl sites for hydroxylation is 1. The summed E-state index contributed by atoms with van der Waals surface area (Å²) in [5.41, 5.74) is 1.62. The highest BCUT2D eigenvalue weighted by molar-refractivity contribution is 7.89. The van der Waals surface area contributed by atoms with Gasteiger partial charge in [-0.1, -0.05) is 6.07 Å². The van der Waals surface area contributed by atoms with Crippen molar-refractivity contribution in [1.29, 1.82) is 0 Å². The summed E-state index contributed by atoms with van der Waals surface area (Å²) >= 11 is 0. The molecular weight excluding hydrogens is 274 g/mol. The molecule has 112 valence electrons. The zero-order valence-electron chi connectivity index (χ0n) is 12.3. The van der Waals surface area contributed by atoms with E-state index in [4.69, 9.17) is 0 Å². The first kappa shape index (κ1) is 15.3. The van der Waals surface area contributed by atoms with Crippen molar-refractivity contribution in [2.45, 2.75) is 30.7 Å². The lowest BCUT2D eigenvalue weighted by Crippen LogP contribution is -2.39. The summed E-state index contributed by atoms with van der Waals surface area (Å²) in [5.74, 6) is 0. The van der Waals surface area contributed by atoms with Crippen molar-refractivity contribution >= 4 is 15.7 Å². The number of nitrogens with one attached hydrogen (secondary N) is 2. The summed E-state index contributed by atoms with van der Waals surface area (Å²) in [6.07, 6.45) is 2.29. The Kier molecular flexibility index (Phi) is 4.67. The minimum absolute atomic E-state index is 0.342. The Morgan fingerprint density at radius 1 is 1.35 bits per heavy atom. The van der Waals surface area contributed by atoms with Crippen molar-refractivity contribution in [3.8, 4) is 0 Å². The number of rotatable bonds is 4. The standard InChI is InChI=1S/C14H23N3O2S/c1-11-6-7-12(9-14(11)20(18,19)15-2)16-13-5-4-8-17(3)10-13/h6-7,9,13,15-16H,4-5,8,10H2,1-3H3. The third-order valence-electron chi connectivity index (χ3n) is 3.74. The van der Waals surface area contributed by atoms with Gasteiger partial charge in [0.25, 0.3) is 0 Å². The second-order valence-electron chi connectivity index (χ2n) is 5.43. The third kappa shape index (κ3) is 3.50. The summed E-state index contributed by atoms with van der Waals surface area (Å²) < 4.78 is 26.3. The van der Waals surface area contributed by atoms with E-state index < -0.39 is 10.0 Å². The Hall–Kier alpha value is -1.11. The molecule has 0 saturated carbocycles. The normalized spacial score (nSPS) is 20.9. The predicted octanol–water partition coefficient (Wildman–Crippen LogP) is 1.41. The lowest BCUT2D eigenvalue weighted by Gasteiger charge is -2.31. The van der Waals surface area contributed by atoms with Gasteiger partial charge in [0.05, 0.1) is 4.90 Å². The van der Waals surface area contributed by atoms with Crippen LogP contribution in [0.5, 0.6) is 0 Å². The van der Waals surface area contributed by atoms with Gasteiger partial charge in [-0.25, -0.2) is 13.1 Å². The number of likely N-dealkylation sites (N-methyl/N-ethyl adjacent to an activating group) is 1. The first-order valence-corrected chi connectivity index (χ1v) is 8.40. The van der Waals surface area contributed by atoms with Crippen LogP contribution in [0.15, 0.2) is 23.1 Å². The van der Waals surface area contributed by atoms with E-state index >= 15 is 0 Å². The summed E-state index contributed by atoms with van der Waals surface area (Å²) in [7, 11) is 0.143. The monoisotopic (exact) mass is 297 g/mol. The van der Waals surface area contributed by atoms with Gasteiger partial charge in [0, 0.05) is 18.3 Å². The molecule has 1 aromatic carbocycles. The molecule has 0 bridgehead atoms. The summed E-state index contributed by atoms with van der Waals surface area (Å²) in [6, 6.07) is 5.88. The Labute approximate surface area is 121 Å². The first-order chi connectivity index (χ1) is 9.42. The zero-order chi connectivity index (χ0) is 14.8. The van der Waals surface area contributed by atoms with Crippen LogP contribution in [-0.4, -0.2) is 46.5 Å². The molecule has 6 heteroatoms. The number of hydrogen-bond donors (Lipinski definition) is 2. The Bertz CT molecular complexity index is 572. The maximum atomic E-state index is 12.0. The van der Waals surface area contributed by atoms with Crippen LogP contribution in [0.25, 0.3) is 0 Å². The van der Waals surface area contributed by atoms with Crippen molar-refractivity contribution in [3.05, 3.63) is 23.8 Å². The van der Waals surface area contributed by atoms with E-state index in [1.165, 1.54) is 13.5 Å². The molecule has 5 nitrogen and oxygen atoms in total. The highest BCUT2D eigenvalue weighted by Crippen LogP contribution is 2.22. The fourth-order valence-electron chi connectivity index (χ4n) is 2.61. The van der Waals surface area contributed by atoms with Gasteiger partial charge in [-0.3, -0.25) is 0 Å². The van der Waals surface area contributed by atoms with Crippen molar-refractivity contribution in [3.63, 3.8) is 0 Å². The fourth-order valence-corrected chi connectivity index (χ4v) is 3.60. The number of hydrogen-bond acceptors (Lipinski definition) is 4.